The molecule has 0 bridgehead atoms. The van der Waals surface area contributed by atoms with E-state index in [1.165, 1.54) is 21.5 Å². The second kappa shape index (κ2) is 8.15. The van der Waals surface area contributed by atoms with Crippen molar-refractivity contribution in [3.8, 4) is 23.0 Å². The highest BCUT2D eigenvalue weighted by Gasteiger charge is 2.18. The number of nitrogens with zero attached hydrogens (tertiary/aromatic N) is 4. The minimum absolute atomic E-state index is 0.653. The van der Waals surface area contributed by atoms with Gasteiger partial charge in [-0.2, -0.15) is 4.98 Å². The molecule has 8 aromatic rings. The van der Waals surface area contributed by atoms with Crippen molar-refractivity contribution in [2.45, 2.75) is 0 Å². The molecule has 0 amide bonds. The van der Waals surface area contributed by atoms with E-state index in [-0.39, 0.29) is 0 Å². The Morgan fingerprint density at radius 1 is 0.395 bits per heavy atom. The fourth-order valence-corrected chi connectivity index (χ4v) is 5.70. The minimum Gasteiger partial charge on any atom is -0.294 e. The molecule has 4 heteroatoms. The van der Waals surface area contributed by atoms with Crippen LogP contribution in [0.5, 0.6) is 0 Å². The molecule has 0 atom stereocenters. The van der Waals surface area contributed by atoms with Gasteiger partial charge in [-0.1, -0.05) is 103 Å². The van der Waals surface area contributed by atoms with E-state index in [9.17, 15) is 0 Å². The zero-order chi connectivity index (χ0) is 25.1. The Labute approximate surface area is 219 Å². The largest absolute Gasteiger partial charge is 0.294 e. The summed E-state index contributed by atoms with van der Waals surface area (Å²) in [5.41, 5.74) is 6.37. The molecule has 3 heterocycles. The maximum absolute atomic E-state index is 5.26. The van der Waals surface area contributed by atoms with E-state index in [1.807, 2.05) is 6.07 Å². The minimum atomic E-state index is 0.653. The number of para-hydroxylation sites is 4. The summed E-state index contributed by atoms with van der Waals surface area (Å²) < 4.78 is 4.45. The van der Waals surface area contributed by atoms with Crippen LogP contribution < -0.4 is 0 Å². The average Bonchev–Trinajstić information content (AvgIpc) is 3.51. The van der Waals surface area contributed by atoms with E-state index in [1.54, 1.807) is 0 Å². The van der Waals surface area contributed by atoms with Crippen LogP contribution in [0.1, 0.15) is 0 Å². The van der Waals surface area contributed by atoms with Crippen molar-refractivity contribution in [3.05, 3.63) is 133 Å². The SMILES string of the molecule is c1ccc(-c2cc(-n3c4ccccc4c4ccccc43)nc(-n3c4ccccc4c4ccccc43)n2)cc1. The second-order valence-electron chi connectivity index (χ2n) is 9.52. The third kappa shape index (κ3) is 3.04. The number of fused-ring (bicyclic) bond motifs is 6. The number of benzene rings is 5. The fraction of sp³-hybridized carbons (Fsp3) is 0. The summed E-state index contributed by atoms with van der Waals surface area (Å²) in [6.45, 7) is 0. The van der Waals surface area contributed by atoms with Crippen molar-refractivity contribution in [2.75, 3.05) is 0 Å². The first-order valence-electron chi connectivity index (χ1n) is 12.8. The van der Waals surface area contributed by atoms with Gasteiger partial charge in [0.1, 0.15) is 5.82 Å². The lowest BCUT2D eigenvalue weighted by Crippen LogP contribution is -2.07. The van der Waals surface area contributed by atoms with Crippen LogP contribution in [0.3, 0.4) is 0 Å². The molecule has 3 aromatic heterocycles. The van der Waals surface area contributed by atoms with Crippen molar-refractivity contribution in [2.24, 2.45) is 0 Å². The van der Waals surface area contributed by atoms with Gasteiger partial charge in [0, 0.05) is 33.2 Å². The third-order valence-corrected chi connectivity index (χ3v) is 7.36. The first kappa shape index (κ1) is 20.9. The number of hydrogen-bond acceptors (Lipinski definition) is 2. The summed E-state index contributed by atoms with van der Waals surface area (Å²) in [5, 5.41) is 4.80. The lowest BCUT2D eigenvalue weighted by molar-refractivity contribution is 0.952. The van der Waals surface area contributed by atoms with Crippen LogP contribution in [0.4, 0.5) is 0 Å². The zero-order valence-corrected chi connectivity index (χ0v) is 20.5. The van der Waals surface area contributed by atoms with Gasteiger partial charge in [0.15, 0.2) is 0 Å². The standard InChI is InChI=1S/C34H22N4/c1-2-12-23(13-3-1)28-22-33(37-29-18-8-4-14-24(29)25-15-5-9-19-30(25)37)36-34(35-28)38-31-20-10-6-16-26(31)27-17-7-11-21-32(27)38/h1-22H. The fourth-order valence-electron chi connectivity index (χ4n) is 5.70. The monoisotopic (exact) mass is 486 g/mol. The Bertz CT molecular complexity index is 1900. The molecule has 0 spiro atoms. The maximum Gasteiger partial charge on any atom is 0.237 e. The zero-order valence-electron chi connectivity index (χ0n) is 20.5. The van der Waals surface area contributed by atoms with Crippen LogP contribution in [0, 0.1) is 0 Å². The van der Waals surface area contributed by atoms with Gasteiger partial charge in [-0.25, -0.2) is 4.98 Å². The van der Waals surface area contributed by atoms with Gasteiger partial charge in [0.2, 0.25) is 5.95 Å². The summed E-state index contributed by atoms with van der Waals surface area (Å²) in [4.78, 5) is 10.4. The quantitative estimate of drug-likeness (QED) is 0.252. The number of aromatic nitrogens is 4. The maximum atomic E-state index is 5.26. The van der Waals surface area contributed by atoms with Crippen molar-refractivity contribution < 1.29 is 0 Å². The molecule has 0 aliphatic heterocycles. The van der Waals surface area contributed by atoms with Gasteiger partial charge in [-0.15, -0.1) is 0 Å². The smallest absolute Gasteiger partial charge is 0.237 e. The summed E-state index contributed by atoms with van der Waals surface area (Å²) in [5.74, 6) is 1.49. The van der Waals surface area contributed by atoms with Crippen LogP contribution in [0.25, 0.3) is 66.6 Å². The van der Waals surface area contributed by atoms with Crippen LogP contribution in [-0.2, 0) is 0 Å². The predicted octanol–water partition coefficient (Wildman–Crippen LogP) is 8.34. The summed E-state index contributed by atoms with van der Waals surface area (Å²) in [7, 11) is 0. The van der Waals surface area contributed by atoms with Gasteiger partial charge < -0.3 is 0 Å². The van der Waals surface area contributed by atoms with Crippen molar-refractivity contribution in [1.82, 2.24) is 19.1 Å². The van der Waals surface area contributed by atoms with Gasteiger partial charge >= 0.3 is 0 Å². The first-order chi connectivity index (χ1) is 18.9. The van der Waals surface area contributed by atoms with Gasteiger partial charge in [-0.3, -0.25) is 9.13 Å². The van der Waals surface area contributed by atoms with E-state index >= 15 is 0 Å². The molecule has 4 nitrogen and oxygen atoms in total. The Morgan fingerprint density at radius 3 is 1.32 bits per heavy atom. The molecule has 178 valence electrons. The molecule has 0 unspecified atom stereocenters. The van der Waals surface area contributed by atoms with E-state index < -0.39 is 0 Å². The van der Waals surface area contributed by atoms with Crippen LogP contribution in [0.15, 0.2) is 133 Å². The molecule has 38 heavy (non-hydrogen) atoms. The molecule has 0 radical (unpaired) electrons. The molecule has 5 aromatic carbocycles. The highest BCUT2D eigenvalue weighted by atomic mass is 15.2. The van der Waals surface area contributed by atoms with Crippen LogP contribution in [0.2, 0.25) is 0 Å². The molecule has 0 saturated heterocycles. The summed E-state index contributed by atoms with van der Waals surface area (Å²) in [6.07, 6.45) is 0. The van der Waals surface area contributed by atoms with Crippen molar-refractivity contribution >= 4 is 43.6 Å². The van der Waals surface area contributed by atoms with Gasteiger partial charge in [0.25, 0.3) is 0 Å². The lowest BCUT2D eigenvalue weighted by Gasteiger charge is -2.13. The topological polar surface area (TPSA) is 35.6 Å². The average molecular weight is 487 g/mol. The second-order valence-corrected chi connectivity index (χ2v) is 9.52. The predicted molar refractivity (Wildman–Crippen MR) is 156 cm³/mol. The summed E-state index contributed by atoms with van der Waals surface area (Å²) in [6, 6.07) is 46.5. The number of rotatable bonds is 3. The van der Waals surface area contributed by atoms with Crippen LogP contribution in [-0.4, -0.2) is 19.1 Å². The highest BCUT2D eigenvalue weighted by molar-refractivity contribution is 6.10. The Hall–Kier alpha value is -5.22. The van der Waals surface area contributed by atoms with E-state index in [4.69, 9.17) is 9.97 Å². The van der Waals surface area contributed by atoms with E-state index in [0.717, 1.165) is 39.1 Å². The molecule has 0 aliphatic carbocycles. The van der Waals surface area contributed by atoms with E-state index in [0.29, 0.717) is 5.95 Å². The molecule has 8 rings (SSSR count). The Morgan fingerprint density at radius 2 is 0.816 bits per heavy atom. The molecule has 0 N–H and O–H groups in total. The normalized spacial score (nSPS) is 11.7. The van der Waals surface area contributed by atoms with Crippen molar-refractivity contribution in [3.63, 3.8) is 0 Å². The van der Waals surface area contributed by atoms with Gasteiger partial charge in [-0.05, 0) is 24.3 Å². The number of hydrogen-bond donors (Lipinski definition) is 0. The Balaban J connectivity index is 1.51. The molecule has 0 saturated carbocycles. The van der Waals surface area contributed by atoms with Crippen molar-refractivity contribution in [1.29, 1.82) is 0 Å². The van der Waals surface area contributed by atoms with Gasteiger partial charge in [0.05, 0.1) is 27.8 Å². The molecular weight excluding hydrogens is 464 g/mol. The Kier molecular flexibility index (Phi) is 4.49. The molecule has 0 fully saturated rings. The molecule has 0 aliphatic rings. The van der Waals surface area contributed by atoms with E-state index in [2.05, 4.69) is 137 Å². The third-order valence-electron chi connectivity index (χ3n) is 7.36. The lowest BCUT2D eigenvalue weighted by atomic mass is 10.1. The molecular formula is C34H22N4. The van der Waals surface area contributed by atoms with Crippen LogP contribution >= 0.6 is 0 Å². The first-order valence-corrected chi connectivity index (χ1v) is 12.8. The highest BCUT2D eigenvalue weighted by Crippen LogP contribution is 2.35. The summed E-state index contributed by atoms with van der Waals surface area (Å²) >= 11 is 0.